The molecule has 2 rings (SSSR count). The standard InChI is InChI=1S/C11H21NO/c12-11-7-5-9(11)4-6-10-3-1-2-8-13-10/h9-11H,1-8,12H2. The van der Waals surface area contributed by atoms with Crippen LogP contribution < -0.4 is 5.73 Å². The van der Waals surface area contributed by atoms with Gasteiger partial charge in [-0.3, -0.25) is 0 Å². The molecule has 2 heteroatoms. The Morgan fingerprint density at radius 2 is 2.00 bits per heavy atom. The second kappa shape index (κ2) is 4.43. The van der Waals surface area contributed by atoms with Gasteiger partial charge in [-0.15, -0.1) is 0 Å². The summed E-state index contributed by atoms with van der Waals surface area (Å²) in [6, 6.07) is 0.503. The lowest BCUT2D eigenvalue weighted by molar-refractivity contribution is 0.00446. The number of hydrogen-bond donors (Lipinski definition) is 1. The van der Waals surface area contributed by atoms with E-state index in [2.05, 4.69) is 0 Å². The van der Waals surface area contributed by atoms with Crippen LogP contribution in [0.1, 0.15) is 44.9 Å². The maximum atomic E-state index is 5.90. The summed E-state index contributed by atoms with van der Waals surface area (Å²) in [5.74, 6) is 0.811. The van der Waals surface area contributed by atoms with E-state index < -0.39 is 0 Å². The highest BCUT2D eigenvalue weighted by Gasteiger charge is 2.27. The molecule has 0 radical (unpaired) electrons. The van der Waals surface area contributed by atoms with Gasteiger partial charge >= 0.3 is 0 Å². The van der Waals surface area contributed by atoms with E-state index in [4.69, 9.17) is 10.5 Å². The zero-order valence-corrected chi connectivity index (χ0v) is 8.37. The Bertz CT molecular complexity index is 154. The van der Waals surface area contributed by atoms with Gasteiger partial charge in [0.1, 0.15) is 0 Å². The number of ether oxygens (including phenoxy) is 1. The van der Waals surface area contributed by atoms with Crippen molar-refractivity contribution in [1.29, 1.82) is 0 Å². The van der Waals surface area contributed by atoms with E-state index in [-0.39, 0.29) is 0 Å². The lowest BCUT2D eigenvalue weighted by Crippen LogP contribution is -2.39. The third kappa shape index (κ3) is 2.44. The minimum atomic E-state index is 0.503. The molecule has 76 valence electrons. The normalized spacial score (nSPS) is 39.9. The van der Waals surface area contributed by atoms with Gasteiger partial charge in [-0.25, -0.2) is 0 Å². The Kier molecular flexibility index (Phi) is 3.23. The molecule has 0 amide bonds. The molecule has 2 fully saturated rings. The lowest BCUT2D eigenvalue weighted by Gasteiger charge is -2.35. The average molecular weight is 183 g/mol. The first-order valence-corrected chi connectivity index (χ1v) is 5.73. The van der Waals surface area contributed by atoms with Gasteiger partial charge in [-0.2, -0.15) is 0 Å². The molecule has 1 saturated heterocycles. The quantitative estimate of drug-likeness (QED) is 0.727. The zero-order valence-electron chi connectivity index (χ0n) is 8.37. The van der Waals surface area contributed by atoms with Crippen molar-refractivity contribution in [3.63, 3.8) is 0 Å². The Balaban J connectivity index is 1.61. The van der Waals surface area contributed by atoms with Crippen LogP contribution in [0.3, 0.4) is 0 Å². The van der Waals surface area contributed by atoms with Crippen LogP contribution in [0, 0.1) is 5.92 Å². The van der Waals surface area contributed by atoms with Crippen molar-refractivity contribution in [2.24, 2.45) is 11.7 Å². The fourth-order valence-corrected chi connectivity index (χ4v) is 2.39. The first-order valence-electron chi connectivity index (χ1n) is 5.73. The molecular formula is C11H21NO. The molecule has 2 aliphatic rings. The molecule has 2 N–H and O–H groups in total. The lowest BCUT2D eigenvalue weighted by atomic mass is 9.77. The van der Waals surface area contributed by atoms with Crippen molar-refractivity contribution in [3.05, 3.63) is 0 Å². The minimum absolute atomic E-state index is 0.503. The van der Waals surface area contributed by atoms with E-state index in [0.717, 1.165) is 12.5 Å². The predicted molar refractivity (Wildman–Crippen MR) is 53.5 cm³/mol. The van der Waals surface area contributed by atoms with Gasteiger partial charge in [0.25, 0.3) is 0 Å². The zero-order chi connectivity index (χ0) is 9.10. The molecule has 2 nitrogen and oxygen atoms in total. The molecule has 1 heterocycles. The second-order valence-electron chi connectivity index (χ2n) is 4.57. The second-order valence-corrected chi connectivity index (χ2v) is 4.57. The number of nitrogens with two attached hydrogens (primary N) is 1. The van der Waals surface area contributed by atoms with Gasteiger partial charge < -0.3 is 10.5 Å². The summed E-state index contributed by atoms with van der Waals surface area (Å²) >= 11 is 0. The fraction of sp³-hybridized carbons (Fsp3) is 1.00. The maximum Gasteiger partial charge on any atom is 0.0575 e. The van der Waals surface area contributed by atoms with Crippen LogP contribution in [0.2, 0.25) is 0 Å². The van der Waals surface area contributed by atoms with Gasteiger partial charge in [0.2, 0.25) is 0 Å². The van der Waals surface area contributed by atoms with Crippen molar-refractivity contribution >= 4 is 0 Å². The van der Waals surface area contributed by atoms with Gasteiger partial charge in [-0.05, 0) is 50.9 Å². The number of hydrogen-bond acceptors (Lipinski definition) is 2. The van der Waals surface area contributed by atoms with Crippen molar-refractivity contribution in [3.8, 4) is 0 Å². The summed E-state index contributed by atoms with van der Waals surface area (Å²) in [6.45, 7) is 0.987. The summed E-state index contributed by atoms with van der Waals surface area (Å²) in [5, 5.41) is 0. The van der Waals surface area contributed by atoms with Crippen LogP contribution >= 0.6 is 0 Å². The highest BCUT2D eigenvalue weighted by Crippen LogP contribution is 2.31. The van der Waals surface area contributed by atoms with Crippen LogP contribution in [0.25, 0.3) is 0 Å². The van der Waals surface area contributed by atoms with Gasteiger partial charge in [0.05, 0.1) is 6.10 Å². The molecule has 1 aliphatic heterocycles. The summed E-state index contributed by atoms with van der Waals surface area (Å²) in [4.78, 5) is 0. The summed E-state index contributed by atoms with van der Waals surface area (Å²) in [7, 11) is 0. The van der Waals surface area contributed by atoms with Gasteiger partial charge in [-0.1, -0.05) is 0 Å². The molecule has 3 unspecified atom stereocenters. The van der Waals surface area contributed by atoms with Gasteiger partial charge in [0, 0.05) is 12.6 Å². The molecule has 13 heavy (non-hydrogen) atoms. The SMILES string of the molecule is NC1CCC1CCC1CCCCO1. The van der Waals surface area contributed by atoms with Crippen LogP contribution in [-0.4, -0.2) is 18.8 Å². The fourth-order valence-electron chi connectivity index (χ4n) is 2.39. The smallest absolute Gasteiger partial charge is 0.0575 e. The Hall–Kier alpha value is -0.0800. The van der Waals surface area contributed by atoms with E-state index in [1.54, 1.807) is 0 Å². The summed E-state index contributed by atoms with van der Waals surface area (Å²) in [6.07, 6.45) is 9.61. The summed E-state index contributed by atoms with van der Waals surface area (Å²) < 4.78 is 5.69. The number of rotatable bonds is 3. The first kappa shape index (κ1) is 9.47. The highest BCUT2D eigenvalue weighted by atomic mass is 16.5. The van der Waals surface area contributed by atoms with Crippen molar-refractivity contribution < 1.29 is 4.74 Å². The molecule has 3 atom stereocenters. The molecule has 0 aromatic rings. The van der Waals surface area contributed by atoms with Crippen molar-refractivity contribution in [1.82, 2.24) is 0 Å². The molecule has 0 aromatic carbocycles. The Morgan fingerprint density at radius 1 is 1.08 bits per heavy atom. The third-order valence-electron chi connectivity index (χ3n) is 3.61. The van der Waals surface area contributed by atoms with Gasteiger partial charge in [0.15, 0.2) is 0 Å². The van der Waals surface area contributed by atoms with E-state index >= 15 is 0 Å². The van der Waals surface area contributed by atoms with Crippen LogP contribution in [-0.2, 0) is 4.74 Å². The molecule has 0 aromatic heterocycles. The van der Waals surface area contributed by atoms with Crippen LogP contribution in [0.5, 0.6) is 0 Å². The topological polar surface area (TPSA) is 35.2 Å². The molecule has 0 spiro atoms. The Morgan fingerprint density at radius 3 is 2.54 bits per heavy atom. The predicted octanol–water partition coefficient (Wildman–Crippen LogP) is 2.07. The van der Waals surface area contributed by atoms with E-state index in [0.29, 0.717) is 12.1 Å². The van der Waals surface area contributed by atoms with Crippen molar-refractivity contribution in [2.45, 2.75) is 57.1 Å². The van der Waals surface area contributed by atoms with E-state index in [1.165, 1.54) is 44.9 Å². The molecule has 1 aliphatic carbocycles. The highest BCUT2D eigenvalue weighted by molar-refractivity contribution is 4.84. The molecule has 0 bridgehead atoms. The molecule has 1 saturated carbocycles. The third-order valence-corrected chi connectivity index (χ3v) is 3.61. The molecular weight excluding hydrogens is 162 g/mol. The summed E-state index contributed by atoms with van der Waals surface area (Å²) in [5.41, 5.74) is 5.90. The Labute approximate surface area is 80.8 Å². The van der Waals surface area contributed by atoms with Crippen LogP contribution in [0.15, 0.2) is 0 Å². The van der Waals surface area contributed by atoms with Crippen LogP contribution in [0.4, 0.5) is 0 Å². The monoisotopic (exact) mass is 183 g/mol. The first-order chi connectivity index (χ1) is 6.36. The van der Waals surface area contributed by atoms with Crippen molar-refractivity contribution in [2.75, 3.05) is 6.61 Å². The van der Waals surface area contributed by atoms with E-state index in [1.807, 2.05) is 0 Å². The van der Waals surface area contributed by atoms with E-state index in [9.17, 15) is 0 Å². The minimum Gasteiger partial charge on any atom is -0.378 e. The largest absolute Gasteiger partial charge is 0.378 e. The average Bonchev–Trinajstić information content (AvgIpc) is 2.17. The maximum absolute atomic E-state index is 5.90.